The summed E-state index contributed by atoms with van der Waals surface area (Å²) in [5, 5.41) is 2.38. The van der Waals surface area contributed by atoms with Gasteiger partial charge >= 0.3 is 6.18 Å². The Morgan fingerprint density at radius 3 is 2.19 bits per heavy atom. The van der Waals surface area contributed by atoms with E-state index in [4.69, 9.17) is 11.6 Å². The van der Waals surface area contributed by atoms with Crippen LogP contribution in [-0.2, 0) is 32.3 Å². The lowest BCUT2D eigenvalue weighted by molar-refractivity contribution is -0.140. The SMILES string of the molecule is CCCNC(=O)[C@H](CC)N(Cc1ccc(F)cc1)C(=O)CN(c1cc(C(F)(F)F)ccc1Cl)S(=O)(=O)c1ccccc1. The van der Waals surface area contributed by atoms with Crippen LogP contribution in [0.5, 0.6) is 0 Å². The summed E-state index contributed by atoms with van der Waals surface area (Å²) in [5.41, 5.74) is -1.29. The summed E-state index contributed by atoms with van der Waals surface area (Å²) < 4.78 is 82.6. The van der Waals surface area contributed by atoms with Crippen molar-refractivity contribution < 1.29 is 35.6 Å². The third-order valence-corrected chi connectivity index (χ3v) is 8.45. The molecule has 226 valence electrons. The lowest BCUT2D eigenvalue weighted by atomic mass is 10.1. The number of benzene rings is 3. The van der Waals surface area contributed by atoms with Gasteiger partial charge in [-0.3, -0.25) is 13.9 Å². The second kappa shape index (κ2) is 14.0. The van der Waals surface area contributed by atoms with Crippen LogP contribution in [-0.4, -0.2) is 44.3 Å². The van der Waals surface area contributed by atoms with Crippen molar-refractivity contribution in [2.45, 2.75) is 50.3 Å². The van der Waals surface area contributed by atoms with Gasteiger partial charge in [0.25, 0.3) is 10.0 Å². The molecule has 42 heavy (non-hydrogen) atoms. The Kier molecular flexibility index (Phi) is 11.0. The lowest BCUT2D eigenvalue weighted by Crippen LogP contribution is -2.52. The van der Waals surface area contributed by atoms with Crippen molar-refractivity contribution in [3.63, 3.8) is 0 Å². The van der Waals surface area contributed by atoms with Crippen molar-refractivity contribution in [2.75, 3.05) is 17.4 Å². The molecule has 0 aliphatic rings. The van der Waals surface area contributed by atoms with Gasteiger partial charge in [0.2, 0.25) is 11.8 Å². The van der Waals surface area contributed by atoms with Gasteiger partial charge in [-0.1, -0.05) is 55.8 Å². The number of halogens is 5. The molecule has 0 heterocycles. The van der Waals surface area contributed by atoms with Crippen LogP contribution >= 0.6 is 11.6 Å². The highest BCUT2D eigenvalue weighted by Crippen LogP contribution is 2.37. The summed E-state index contributed by atoms with van der Waals surface area (Å²) in [4.78, 5) is 27.9. The number of hydrogen-bond donors (Lipinski definition) is 1. The molecule has 0 fully saturated rings. The Morgan fingerprint density at radius 1 is 0.976 bits per heavy atom. The Labute approximate surface area is 247 Å². The van der Waals surface area contributed by atoms with E-state index in [0.29, 0.717) is 35.0 Å². The van der Waals surface area contributed by atoms with Crippen LogP contribution in [0, 0.1) is 5.82 Å². The molecule has 7 nitrogen and oxygen atoms in total. The fourth-order valence-electron chi connectivity index (χ4n) is 4.19. The number of anilines is 1. The van der Waals surface area contributed by atoms with Crippen LogP contribution in [0.4, 0.5) is 23.2 Å². The Hall–Kier alpha value is -3.64. The van der Waals surface area contributed by atoms with Gasteiger partial charge in [-0.05, 0) is 60.9 Å². The molecule has 0 unspecified atom stereocenters. The molecular weight excluding hydrogens is 598 g/mol. The Bertz CT molecular complexity index is 1490. The maximum Gasteiger partial charge on any atom is 0.416 e. The first-order valence-corrected chi connectivity index (χ1v) is 14.9. The lowest BCUT2D eigenvalue weighted by Gasteiger charge is -2.33. The van der Waals surface area contributed by atoms with Crippen LogP contribution in [0.1, 0.15) is 37.8 Å². The number of rotatable bonds is 12. The van der Waals surface area contributed by atoms with Gasteiger partial charge in [0, 0.05) is 13.1 Å². The molecule has 0 saturated heterocycles. The van der Waals surface area contributed by atoms with E-state index in [2.05, 4.69) is 5.32 Å². The second-order valence-electron chi connectivity index (χ2n) is 9.35. The summed E-state index contributed by atoms with van der Waals surface area (Å²) in [5.74, 6) is -1.90. The first kappa shape index (κ1) is 32.9. The van der Waals surface area contributed by atoms with Crippen LogP contribution < -0.4 is 9.62 Å². The van der Waals surface area contributed by atoms with E-state index >= 15 is 0 Å². The predicted molar refractivity (Wildman–Crippen MR) is 152 cm³/mol. The first-order chi connectivity index (χ1) is 19.8. The smallest absolute Gasteiger partial charge is 0.354 e. The normalized spacial score (nSPS) is 12.5. The topological polar surface area (TPSA) is 86.8 Å². The molecule has 0 aliphatic carbocycles. The third kappa shape index (κ3) is 8.01. The van der Waals surface area contributed by atoms with Crippen LogP contribution in [0.3, 0.4) is 0 Å². The van der Waals surface area contributed by atoms with Gasteiger partial charge in [0.15, 0.2) is 0 Å². The summed E-state index contributed by atoms with van der Waals surface area (Å²) in [7, 11) is -4.63. The van der Waals surface area contributed by atoms with Gasteiger partial charge in [0.1, 0.15) is 18.4 Å². The van der Waals surface area contributed by atoms with Crippen molar-refractivity contribution in [1.29, 1.82) is 0 Å². The molecule has 3 aromatic carbocycles. The Balaban J connectivity index is 2.14. The maximum absolute atomic E-state index is 13.9. The van der Waals surface area contributed by atoms with Crippen LogP contribution in [0.25, 0.3) is 0 Å². The molecule has 3 rings (SSSR count). The standard InChI is InChI=1S/C29H30ClF4N3O4S/c1-3-16-35-28(39)25(4-2)36(18-20-10-13-22(31)14-11-20)27(38)19-37(42(40,41)23-8-6-5-7-9-23)26-17-21(29(32,33)34)12-15-24(26)30/h5-15,17,25H,3-4,16,18-19H2,1-2H3,(H,35,39)/t25-/m0/s1. The number of sulfonamides is 1. The third-order valence-electron chi connectivity index (χ3n) is 6.35. The summed E-state index contributed by atoms with van der Waals surface area (Å²) >= 11 is 6.24. The number of nitrogens with one attached hydrogen (secondary N) is 1. The summed E-state index contributed by atoms with van der Waals surface area (Å²) in [6, 6.07) is 13.1. The minimum Gasteiger partial charge on any atom is -0.354 e. The van der Waals surface area contributed by atoms with E-state index in [9.17, 15) is 35.6 Å². The average molecular weight is 628 g/mol. The first-order valence-electron chi connectivity index (χ1n) is 13.1. The highest BCUT2D eigenvalue weighted by Gasteiger charge is 2.36. The molecule has 0 bridgehead atoms. The largest absolute Gasteiger partial charge is 0.416 e. The molecule has 1 N–H and O–H groups in total. The summed E-state index contributed by atoms with van der Waals surface area (Å²) in [6.45, 7) is 2.64. The maximum atomic E-state index is 13.9. The average Bonchev–Trinajstić information content (AvgIpc) is 2.95. The molecule has 1 atom stereocenters. The van der Waals surface area contributed by atoms with Crippen molar-refractivity contribution in [2.24, 2.45) is 0 Å². The number of amides is 2. The van der Waals surface area contributed by atoms with E-state index in [0.717, 1.165) is 11.0 Å². The zero-order valence-electron chi connectivity index (χ0n) is 22.9. The number of nitrogens with zero attached hydrogens (tertiary/aromatic N) is 2. The highest BCUT2D eigenvalue weighted by molar-refractivity contribution is 7.92. The monoisotopic (exact) mass is 627 g/mol. The van der Waals surface area contributed by atoms with E-state index in [1.807, 2.05) is 6.92 Å². The Morgan fingerprint density at radius 2 is 1.62 bits per heavy atom. The van der Waals surface area contributed by atoms with Crippen LogP contribution in [0.15, 0.2) is 77.7 Å². The minimum absolute atomic E-state index is 0.137. The second-order valence-corrected chi connectivity index (χ2v) is 11.6. The highest BCUT2D eigenvalue weighted by atomic mass is 35.5. The molecule has 0 saturated carbocycles. The van der Waals surface area contributed by atoms with E-state index < -0.39 is 57.7 Å². The fraction of sp³-hybridized carbons (Fsp3) is 0.310. The number of alkyl halides is 3. The fourth-order valence-corrected chi connectivity index (χ4v) is 5.90. The van der Waals surface area contributed by atoms with Gasteiger partial charge in [0.05, 0.1) is 21.2 Å². The molecular formula is C29H30ClF4N3O4S. The molecule has 0 aliphatic heterocycles. The van der Waals surface area contributed by atoms with E-state index in [1.165, 1.54) is 48.5 Å². The minimum atomic E-state index is -4.83. The van der Waals surface area contributed by atoms with Crippen molar-refractivity contribution in [1.82, 2.24) is 10.2 Å². The molecule has 0 aromatic heterocycles. The molecule has 3 aromatic rings. The quantitative estimate of drug-likeness (QED) is 0.249. The van der Waals surface area contributed by atoms with E-state index in [1.54, 1.807) is 13.0 Å². The van der Waals surface area contributed by atoms with Gasteiger partial charge < -0.3 is 10.2 Å². The zero-order valence-corrected chi connectivity index (χ0v) is 24.4. The molecule has 2 amide bonds. The van der Waals surface area contributed by atoms with E-state index in [-0.39, 0.29) is 22.9 Å². The molecule has 13 heteroatoms. The molecule has 0 radical (unpaired) electrons. The van der Waals surface area contributed by atoms with Crippen molar-refractivity contribution >= 4 is 39.1 Å². The number of hydrogen-bond acceptors (Lipinski definition) is 4. The van der Waals surface area contributed by atoms with Gasteiger partial charge in [-0.2, -0.15) is 13.2 Å². The van der Waals surface area contributed by atoms with Gasteiger partial charge in [-0.25, -0.2) is 12.8 Å². The molecule has 0 spiro atoms. The zero-order chi connectivity index (χ0) is 31.1. The number of carbonyl (C=O) groups is 2. The van der Waals surface area contributed by atoms with Gasteiger partial charge in [-0.15, -0.1) is 0 Å². The van der Waals surface area contributed by atoms with Crippen LogP contribution in [0.2, 0.25) is 5.02 Å². The summed E-state index contributed by atoms with van der Waals surface area (Å²) in [6.07, 6.45) is -4.08. The number of carbonyl (C=O) groups excluding carboxylic acids is 2. The van der Waals surface area contributed by atoms with Crippen molar-refractivity contribution in [3.05, 3.63) is 94.8 Å². The predicted octanol–water partition coefficient (Wildman–Crippen LogP) is 6.03. The van der Waals surface area contributed by atoms with Crippen molar-refractivity contribution in [3.8, 4) is 0 Å².